The molecule has 80 valence electrons. The second-order valence-electron chi connectivity index (χ2n) is 4.88. The lowest BCUT2D eigenvalue weighted by atomic mass is 10.1. The number of nitrogens with one attached hydrogen (secondary N) is 1. The van der Waals surface area contributed by atoms with Gasteiger partial charge in [0.2, 0.25) is 0 Å². The first kappa shape index (κ1) is 9.49. The van der Waals surface area contributed by atoms with E-state index in [2.05, 4.69) is 22.0 Å². The molecule has 3 aliphatic heterocycles. The third-order valence-electron chi connectivity index (χ3n) is 3.96. The van der Waals surface area contributed by atoms with Gasteiger partial charge in [-0.1, -0.05) is 0 Å². The van der Waals surface area contributed by atoms with Crippen molar-refractivity contribution in [3.63, 3.8) is 0 Å². The topological polar surface area (TPSA) is 15.3 Å². The molecule has 3 atom stereocenters. The molecule has 3 saturated heterocycles. The fourth-order valence-corrected chi connectivity index (χ4v) is 4.67. The minimum atomic E-state index is 0.904. The zero-order chi connectivity index (χ0) is 9.38. The predicted octanol–water partition coefficient (Wildman–Crippen LogP) is 1.32. The van der Waals surface area contributed by atoms with Crippen LogP contribution in [0.3, 0.4) is 0 Å². The molecule has 3 aliphatic rings. The average molecular weight is 212 g/mol. The van der Waals surface area contributed by atoms with Gasteiger partial charge in [0.15, 0.2) is 0 Å². The first-order valence-corrected chi connectivity index (χ1v) is 7.06. The van der Waals surface area contributed by atoms with Crippen molar-refractivity contribution in [1.29, 1.82) is 0 Å². The molecule has 3 heterocycles. The highest BCUT2D eigenvalue weighted by molar-refractivity contribution is 8.00. The van der Waals surface area contributed by atoms with Gasteiger partial charge >= 0.3 is 0 Å². The largest absolute Gasteiger partial charge is 0.317 e. The Kier molecular flexibility index (Phi) is 2.73. The number of hydrogen-bond donors (Lipinski definition) is 1. The van der Waals surface area contributed by atoms with E-state index in [1.54, 1.807) is 0 Å². The summed E-state index contributed by atoms with van der Waals surface area (Å²) in [6.07, 6.45) is 5.68. The van der Waals surface area contributed by atoms with Crippen LogP contribution >= 0.6 is 11.8 Å². The second-order valence-corrected chi connectivity index (χ2v) is 6.21. The number of likely N-dealkylation sites (tertiary alicyclic amines) is 1. The third kappa shape index (κ3) is 1.70. The minimum Gasteiger partial charge on any atom is -0.317 e. The zero-order valence-corrected chi connectivity index (χ0v) is 9.56. The molecule has 2 bridgehead atoms. The standard InChI is InChI=1S/C11H20N2S/c1-2-9(3-5-12-4-1)13-7-11-6-10(13)8-14-11/h9-12H,1-8H2. The number of nitrogens with zero attached hydrogens (tertiary/aromatic N) is 1. The van der Waals surface area contributed by atoms with Gasteiger partial charge < -0.3 is 5.32 Å². The van der Waals surface area contributed by atoms with Crippen molar-refractivity contribution in [2.45, 2.75) is 43.0 Å². The van der Waals surface area contributed by atoms with Gasteiger partial charge in [-0.15, -0.1) is 0 Å². The normalized spacial score (nSPS) is 44.1. The highest BCUT2D eigenvalue weighted by Gasteiger charge is 2.41. The average Bonchev–Trinajstić information content (AvgIpc) is 2.72. The van der Waals surface area contributed by atoms with Crippen molar-refractivity contribution in [1.82, 2.24) is 10.2 Å². The molecule has 0 aromatic rings. The van der Waals surface area contributed by atoms with E-state index in [4.69, 9.17) is 0 Å². The van der Waals surface area contributed by atoms with E-state index in [-0.39, 0.29) is 0 Å². The quantitative estimate of drug-likeness (QED) is 0.706. The van der Waals surface area contributed by atoms with Crippen molar-refractivity contribution >= 4 is 11.8 Å². The molecule has 2 nitrogen and oxygen atoms in total. The third-order valence-corrected chi connectivity index (χ3v) is 5.35. The van der Waals surface area contributed by atoms with Gasteiger partial charge in [-0.25, -0.2) is 0 Å². The van der Waals surface area contributed by atoms with Crippen molar-refractivity contribution < 1.29 is 0 Å². The van der Waals surface area contributed by atoms with E-state index < -0.39 is 0 Å². The van der Waals surface area contributed by atoms with Gasteiger partial charge in [-0.2, -0.15) is 11.8 Å². The molecule has 3 heteroatoms. The van der Waals surface area contributed by atoms with E-state index in [0.717, 1.165) is 17.3 Å². The van der Waals surface area contributed by atoms with Crippen molar-refractivity contribution in [3.05, 3.63) is 0 Å². The van der Waals surface area contributed by atoms with Crippen LogP contribution in [0.15, 0.2) is 0 Å². The van der Waals surface area contributed by atoms with Crippen LogP contribution in [0.5, 0.6) is 0 Å². The molecule has 0 amide bonds. The van der Waals surface area contributed by atoms with Crippen LogP contribution in [0, 0.1) is 0 Å². The molecule has 0 saturated carbocycles. The van der Waals surface area contributed by atoms with E-state index in [1.165, 1.54) is 51.1 Å². The summed E-state index contributed by atoms with van der Waals surface area (Å²) in [6, 6.07) is 1.84. The number of fused-ring (bicyclic) bond motifs is 2. The number of rotatable bonds is 1. The predicted molar refractivity (Wildman–Crippen MR) is 61.9 cm³/mol. The smallest absolute Gasteiger partial charge is 0.0200 e. The first-order chi connectivity index (χ1) is 6.93. The molecule has 0 aromatic heterocycles. The van der Waals surface area contributed by atoms with Gasteiger partial charge in [0.1, 0.15) is 0 Å². The van der Waals surface area contributed by atoms with Crippen molar-refractivity contribution in [2.24, 2.45) is 0 Å². The Bertz CT molecular complexity index is 201. The Balaban J connectivity index is 1.63. The Labute approximate surface area is 90.8 Å². The van der Waals surface area contributed by atoms with Crippen molar-refractivity contribution in [2.75, 3.05) is 25.4 Å². The molecule has 14 heavy (non-hydrogen) atoms. The van der Waals surface area contributed by atoms with Crippen LogP contribution in [-0.4, -0.2) is 47.6 Å². The maximum atomic E-state index is 3.51. The molecule has 3 rings (SSSR count). The summed E-state index contributed by atoms with van der Waals surface area (Å²) in [7, 11) is 0. The summed E-state index contributed by atoms with van der Waals surface area (Å²) in [5.41, 5.74) is 0. The van der Waals surface area contributed by atoms with Gasteiger partial charge in [0.05, 0.1) is 0 Å². The Morgan fingerprint density at radius 2 is 2.14 bits per heavy atom. The summed E-state index contributed by atoms with van der Waals surface area (Å²) in [4.78, 5) is 2.83. The summed E-state index contributed by atoms with van der Waals surface area (Å²) >= 11 is 2.21. The summed E-state index contributed by atoms with van der Waals surface area (Å²) in [5, 5.41) is 4.50. The lowest BCUT2D eigenvalue weighted by Gasteiger charge is -2.34. The molecule has 1 N–H and O–H groups in total. The zero-order valence-electron chi connectivity index (χ0n) is 8.74. The fraction of sp³-hybridized carbons (Fsp3) is 1.00. The molecular formula is C11H20N2S. The van der Waals surface area contributed by atoms with Gasteiger partial charge in [0.25, 0.3) is 0 Å². The van der Waals surface area contributed by atoms with E-state index in [0.29, 0.717) is 0 Å². The summed E-state index contributed by atoms with van der Waals surface area (Å²) in [6.45, 7) is 3.87. The molecular weight excluding hydrogens is 192 g/mol. The Morgan fingerprint density at radius 1 is 1.14 bits per heavy atom. The van der Waals surface area contributed by atoms with Gasteiger partial charge in [-0.3, -0.25) is 4.90 Å². The summed E-state index contributed by atoms with van der Waals surface area (Å²) < 4.78 is 0. The lowest BCUT2D eigenvalue weighted by molar-refractivity contribution is 0.176. The highest BCUT2D eigenvalue weighted by atomic mass is 32.2. The minimum absolute atomic E-state index is 0.904. The Hall–Kier alpha value is 0.270. The first-order valence-electron chi connectivity index (χ1n) is 6.01. The monoisotopic (exact) mass is 212 g/mol. The van der Waals surface area contributed by atoms with Gasteiger partial charge in [0, 0.05) is 29.6 Å². The molecule has 3 unspecified atom stereocenters. The Morgan fingerprint density at radius 3 is 2.93 bits per heavy atom. The van der Waals surface area contributed by atoms with Crippen LogP contribution in [0.2, 0.25) is 0 Å². The molecule has 0 radical (unpaired) electrons. The van der Waals surface area contributed by atoms with Crippen LogP contribution < -0.4 is 5.32 Å². The molecule has 0 spiro atoms. The van der Waals surface area contributed by atoms with Crippen LogP contribution in [-0.2, 0) is 0 Å². The van der Waals surface area contributed by atoms with Gasteiger partial charge in [-0.05, 0) is 38.8 Å². The number of hydrogen-bond acceptors (Lipinski definition) is 3. The maximum Gasteiger partial charge on any atom is 0.0200 e. The molecule has 0 aromatic carbocycles. The maximum absolute atomic E-state index is 3.51. The van der Waals surface area contributed by atoms with Crippen LogP contribution in [0.1, 0.15) is 25.7 Å². The lowest BCUT2D eigenvalue weighted by Crippen LogP contribution is -2.42. The molecule has 3 fully saturated rings. The molecule has 0 aliphatic carbocycles. The highest BCUT2D eigenvalue weighted by Crippen LogP contribution is 2.39. The second kappa shape index (κ2) is 4.03. The summed E-state index contributed by atoms with van der Waals surface area (Å²) in [5.74, 6) is 1.41. The van der Waals surface area contributed by atoms with E-state index in [1.807, 2.05) is 0 Å². The van der Waals surface area contributed by atoms with E-state index in [9.17, 15) is 0 Å². The van der Waals surface area contributed by atoms with E-state index >= 15 is 0 Å². The SMILES string of the molecule is C1CNCCC(N2CC3CC2CS3)C1. The number of thioether (sulfide) groups is 1. The fourth-order valence-electron chi connectivity index (χ4n) is 3.21. The van der Waals surface area contributed by atoms with Crippen LogP contribution in [0.25, 0.3) is 0 Å². The van der Waals surface area contributed by atoms with Crippen LogP contribution in [0.4, 0.5) is 0 Å². The van der Waals surface area contributed by atoms with Crippen molar-refractivity contribution in [3.8, 4) is 0 Å².